The number of ether oxygens (including phenoxy) is 3. The first-order chi connectivity index (χ1) is 11.1. The van der Waals surface area contributed by atoms with Gasteiger partial charge in [0.1, 0.15) is 6.61 Å². The van der Waals surface area contributed by atoms with E-state index in [-0.39, 0.29) is 13.2 Å². The Morgan fingerprint density at radius 1 is 1.22 bits per heavy atom. The molecule has 1 heterocycles. The summed E-state index contributed by atoms with van der Waals surface area (Å²) in [5.41, 5.74) is 4.32. The van der Waals surface area contributed by atoms with Crippen LogP contribution in [0.5, 0.6) is 11.5 Å². The minimum Gasteiger partial charge on any atom is -0.485 e. The van der Waals surface area contributed by atoms with Crippen LogP contribution in [0.3, 0.4) is 0 Å². The van der Waals surface area contributed by atoms with Gasteiger partial charge in [-0.15, -0.1) is 0 Å². The smallest absolute Gasteiger partial charge is 0.330 e. The van der Waals surface area contributed by atoms with E-state index in [1.165, 1.54) is 0 Å². The number of esters is 1. The Kier molecular flexibility index (Phi) is 5.56. The molecule has 1 aliphatic heterocycles. The third-order valence-electron chi connectivity index (χ3n) is 2.77. The summed E-state index contributed by atoms with van der Waals surface area (Å²) in [6.07, 6.45) is 1.02. The second kappa shape index (κ2) is 7.83. The lowest BCUT2D eigenvalue weighted by molar-refractivity contribution is -0.137. The van der Waals surface area contributed by atoms with Crippen molar-refractivity contribution in [2.24, 2.45) is 0 Å². The van der Waals surface area contributed by atoms with Crippen molar-refractivity contribution in [3.8, 4) is 11.5 Å². The van der Waals surface area contributed by atoms with Crippen LogP contribution in [0.1, 0.15) is 6.92 Å². The Morgan fingerprint density at radius 3 is 2.70 bits per heavy atom. The zero-order valence-corrected chi connectivity index (χ0v) is 12.4. The molecule has 1 aliphatic rings. The van der Waals surface area contributed by atoms with E-state index in [0.717, 1.165) is 12.2 Å². The molecule has 1 atom stereocenters. The minimum atomic E-state index is -0.890. The van der Waals surface area contributed by atoms with Crippen molar-refractivity contribution in [2.75, 3.05) is 13.2 Å². The van der Waals surface area contributed by atoms with Crippen molar-refractivity contribution in [1.82, 2.24) is 10.9 Å². The molecule has 0 fully saturated rings. The van der Waals surface area contributed by atoms with E-state index in [0.29, 0.717) is 11.5 Å². The zero-order valence-electron chi connectivity index (χ0n) is 12.4. The molecule has 0 saturated heterocycles. The van der Waals surface area contributed by atoms with E-state index in [2.05, 4.69) is 15.6 Å². The average Bonchev–Trinajstić information content (AvgIpc) is 2.57. The van der Waals surface area contributed by atoms with Crippen LogP contribution in [0.25, 0.3) is 0 Å². The van der Waals surface area contributed by atoms with Gasteiger partial charge in [0.2, 0.25) is 6.10 Å². The van der Waals surface area contributed by atoms with E-state index in [9.17, 15) is 14.4 Å². The van der Waals surface area contributed by atoms with Gasteiger partial charge in [0.25, 0.3) is 11.8 Å². The molecular formula is C15H16N2O6. The molecule has 23 heavy (non-hydrogen) atoms. The highest BCUT2D eigenvalue weighted by Crippen LogP contribution is 2.30. The highest BCUT2D eigenvalue weighted by Gasteiger charge is 2.27. The van der Waals surface area contributed by atoms with Crippen LogP contribution in [0.15, 0.2) is 36.4 Å². The maximum Gasteiger partial charge on any atom is 0.330 e. The fraction of sp³-hybridized carbons (Fsp3) is 0.267. The van der Waals surface area contributed by atoms with Gasteiger partial charge in [0.15, 0.2) is 11.5 Å². The molecule has 0 saturated carbocycles. The molecule has 0 aromatic heterocycles. The van der Waals surface area contributed by atoms with Crippen LogP contribution in [-0.2, 0) is 19.1 Å². The second-order valence-corrected chi connectivity index (χ2v) is 4.43. The Bertz CT molecular complexity index is 628. The van der Waals surface area contributed by atoms with Crippen LogP contribution in [-0.4, -0.2) is 37.1 Å². The average molecular weight is 320 g/mol. The van der Waals surface area contributed by atoms with Crippen molar-refractivity contribution < 1.29 is 28.6 Å². The minimum absolute atomic E-state index is 0.0252. The number of hydrogen-bond acceptors (Lipinski definition) is 6. The van der Waals surface area contributed by atoms with E-state index in [1.807, 2.05) is 0 Å². The molecule has 122 valence electrons. The molecule has 1 unspecified atom stereocenters. The number of rotatable bonds is 4. The number of nitrogens with one attached hydrogen (secondary N) is 2. The van der Waals surface area contributed by atoms with Crippen LogP contribution in [0, 0.1) is 0 Å². The Morgan fingerprint density at radius 2 is 1.96 bits per heavy atom. The van der Waals surface area contributed by atoms with Gasteiger partial charge in [-0.25, -0.2) is 4.79 Å². The van der Waals surface area contributed by atoms with Gasteiger partial charge in [-0.05, 0) is 19.1 Å². The Labute approximate surface area is 132 Å². The van der Waals surface area contributed by atoms with Gasteiger partial charge >= 0.3 is 5.97 Å². The van der Waals surface area contributed by atoms with Gasteiger partial charge in [-0.1, -0.05) is 12.1 Å². The van der Waals surface area contributed by atoms with Gasteiger partial charge in [0.05, 0.1) is 6.61 Å². The molecule has 0 radical (unpaired) electrons. The van der Waals surface area contributed by atoms with Gasteiger partial charge in [-0.3, -0.25) is 20.4 Å². The lowest BCUT2D eigenvalue weighted by Crippen LogP contribution is -2.50. The molecule has 2 amide bonds. The summed E-state index contributed by atoms with van der Waals surface area (Å²) in [5, 5.41) is 0. The third kappa shape index (κ3) is 4.73. The van der Waals surface area contributed by atoms with Gasteiger partial charge < -0.3 is 14.2 Å². The lowest BCUT2D eigenvalue weighted by atomic mass is 10.2. The zero-order chi connectivity index (χ0) is 16.7. The molecule has 0 bridgehead atoms. The number of benzene rings is 1. The number of carbonyl (C=O) groups is 3. The van der Waals surface area contributed by atoms with Crippen LogP contribution in [0.4, 0.5) is 0 Å². The van der Waals surface area contributed by atoms with Crippen molar-refractivity contribution in [3.05, 3.63) is 36.4 Å². The molecule has 1 aromatic carbocycles. The van der Waals surface area contributed by atoms with Crippen LogP contribution in [0.2, 0.25) is 0 Å². The van der Waals surface area contributed by atoms with E-state index >= 15 is 0 Å². The monoisotopic (exact) mass is 320 g/mol. The first-order valence-electron chi connectivity index (χ1n) is 6.93. The fourth-order valence-corrected chi connectivity index (χ4v) is 1.73. The topological polar surface area (TPSA) is 103 Å². The summed E-state index contributed by atoms with van der Waals surface area (Å²) in [5.74, 6) is -0.888. The summed E-state index contributed by atoms with van der Waals surface area (Å²) in [6, 6.07) is 6.95. The van der Waals surface area contributed by atoms with E-state index in [1.54, 1.807) is 31.2 Å². The van der Waals surface area contributed by atoms with Crippen LogP contribution < -0.4 is 20.3 Å². The SMILES string of the molecule is CCOC(=O)/C=C/C(=O)NNC(=O)C1COc2ccccc2O1. The van der Waals surface area contributed by atoms with Crippen LogP contribution >= 0.6 is 0 Å². The Balaban J connectivity index is 1.79. The first-order valence-corrected chi connectivity index (χ1v) is 6.93. The first kappa shape index (κ1) is 16.3. The summed E-state index contributed by atoms with van der Waals surface area (Å²) in [7, 11) is 0. The largest absolute Gasteiger partial charge is 0.485 e. The standard InChI is InChI=1S/C15H16N2O6/c1-2-21-14(19)8-7-13(18)16-17-15(20)12-9-22-10-5-3-4-6-11(10)23-12/h3-8,12H,2,9H2,1H3,(H,16,18)(H,17,20)/b8-7+. The second-order valence-electron chi connectivity index (χ2n) is 4.43. The molecule has 0 aliphatic carbocycles. The van der Waals surface area contributed by atoms with Gasteiger partial charge in [0, 0.05) is 12.2 Å². The number of hydrazine groups is 1. The number of para-hydroxylation sites is 2. The van der Waals surface area contributed by atoms with Crippen molar-refractivity contribution in [3.63, 3.8) is 0 Å². The number of fused-ring (bicyclic) bond motifs is 1. The molecular weight excluding hydrogens is 304 g/mol. The molecule has 2 N–H and O–H groups in total. The Hall–Kier alpha value is -3.03. The normalized spacial score (nSPS) is 15.8. The fourth-order valence-electron chi connectivity index (χ4n) is 1.73. The highest BCUT2D eigenvalue weighted by molar-refractivity contribution is 5.95. The maximum atomic E-state index is 11.9. The lowest BCUT2D eigenvalue weighted by Gasteiger charge is -2.25. The number of amides is 2. The van der Waals surface area contributed by atoms with Crippen molar-refractivity contribution in [2.45, 2.75) is 13.0 Å². The van der Waals surface area contributed by atoms with E-state index < -0.39 is 23.9 Å². The van der Waals surface area contributed by atoms with Crippen molar-refractivity contribution >= 4 is 17.8 Å². The molecule has 8 nitrogen and oxygen atoms in total. The highest BCUT2D eigenvalue weighted by atomic mass is 16.6. The van der Waals surface area contributed by atoms with Crippen molar-refractivity contribution in [1.29, 1.82) is 0 Å². The summed E-state index contributed by atoms with van der Waals surface area (Å²) in [4.78, 5) is 34.4. The molecule has 0 spiro atoms. The summed E-state index contributed by atoms with van der Waals surface area (Å²) < 4.78 is 15.5. The molecule has 8 heteroatoms. The van der Waals surface area contributed by atoms with E-state index in [4.69, 9.17) is 9.47 Å². The number of hydrogen-bond donors (Lipinski definition) is 2. The third-order valence-corrected chi connectivity index (χ3v) is 2.77. The molecule has 2 rings (SSSR count). The number of carbonyl (C=O) groups excluding carboxylic acids is 3. The predicted molar refractivity (Wildman–Crippen MR) is 78.4 cm³/mol. The molecule has 1 aromatic rings. The summed E-state index contributed by atoms with van der Waals surface area (Å²) >= 11 is 0. The summed E-state index contributed by atoms with van der Waals surface area (Å²) in [6.45, 7) is 1.88. The van der Waals surface area contributed by atoms with Gasteiger partial charge in [-0.2, -0.15) is 0 Å². The predicted octanol–water partition coefficient (Wildman–Crippen LogP) is 0.0931. The maximum absolute atomic E-state index is 11.9. The quantitative estimate of drug-likeness (QED) is 0.463.